The second-order valence-electron chi connectivity index (χ2n) is 6.00. The first-order valence-electron chi connectivity index (χ1n) is 7.26. The monoisotopic (exact) mass is 304 g/mol. The van der Waals surface area contributed by atoms with Gasteiger partial charge in [0.25, 0.3) is 0 Å². The SMILES string of the molecule is CC(C)(C(=O)N1CCC(n2cncn2)CC1)c1cccs1. The highest BCUT2D eigenvalue weighted by Crippen LogP contribution is 2.31. The minimum atomic E-state index is -0.436. The molecule has 1 fully saturated rings. The summed E-state index contributed by atoms with van der Waals surface area (Å²) in [5.74, 6) is 0.224. The number of carbonyl (C=O) groups excluding carboxylic acids is 1. The van der Waals surface area contributed by atoms with E-state index < -0.39 is 5.41 Å². The van der Waals surface area contributed by atoms with Gasteiger partial charge in [-0.2, -0.15) is 5.10 Å². The van der Waals surface area contributed by atoms with E-state index in [0.29, 0.717) is 6.04 Å². The predicted molar refractivity (Wildman–Crippen MR) is 82.2 cm³/mol. The molecule has 0 saturated carbocycles. The fourth-order valence-electron chi connectivity index (χ4n) is 2.87. The van der Waals surface area contributed by atoms with E-state index >= 15 is 0 Å². The van der Waals surface area contributed by atoms with Crippen LogP contribution in [-0.4, -0.2) is 38.7 Å². The lowest BCUT2D eigenvalue weighted by Gasteiger charge is -2.36. The summed E-state index contributed by atoms with van der Waals surface area (Å²) in [7, 11) is 0. The van der Waals surface area contributed by atoms with Crippen LogP contribution in [0.1, 0.15) is 37.6 Å². The second kappa shape index (κ2) is 5.60. The van der Waals surface area contributed by atoms with Gasteiger partial charge in [0.1, 0.15) is 12.7 Å². The molecule has 3 heterocycles. The molecule has 6 heteroatoms. The fraction of sp³-hybridized carbons (Fsp3) is 0.533. The molecule has 21 heavy (non-hydrogen) atoms. The molecule has 2 aromatic rings. The number of likely N-dealkylation sites (tertiary alicyclic amines) is 1. The second-order valence-corrected chi connectivity index (χ2v) is 6.95. The van der Waals surface area contributed by atoms with Crippen LogP contribution in [0.5, 0.6) is 0 Å². The van der Waals surface area contributed by atoms with Crippen molar-refractivity contribution in [2.45, 2.75) is 38.1 Å². The molecule has 1 aliphatic rings. The lowest BCUT2D eigenvalue weighted by atomic mass is 9.88. The summed E-state index contributed by atoms with van der Waals surface area (Å²) in [6.45, 7) is 5.62. The van der Waals surface area contributed by atoms with Gasteiger partial charge in [0.15, 0.2) is 0 Å². The number of carbonyl (C=O) groups is 1. The molecule has 0 aliphatic carbocycles. The third kappa shape index (κ3) is 2.72. The third-order valence-electron chi connectivity index (χ3n) is 4.23. The van der Waals surface area contributed by atoms with Gasteiger partial charge in [-0.25, -0.2) is 9.67 Å². The molecule has 0 atom stereocenters. The lowest BCUT2D eigenvalue weighted by Crippen LogP contribution is -2.47. The van der Waals surface area contributed by atoms with Gasteiger partial charge in [-0.15, -0.1) is 11.3 Å². The standard InChI is InChI=1S/C15H20N4OS/c1-15(2,13-4-3-9-21-13)14(20)18-7-5-12(6-8-18)19-11-16-10-17-19/h3-4,9-12H,5-8H2,1-2H3. The van der Waals surface area contributed by atoms with Gasteiger partial charge in [0.05, 0.1) is 11.5 Å². The number of amides is 1. The predicted octanol–water partition coefficient (Wildman–Crippen LogP) is 2.48. The number of thiophene rings is 1. The van der Waals surface area contributed by atoms with E-state index in [1.165, 1.54) is 0 Å². The minimum Gasteiger partial charge on any atom is -0.342 e. The maximum absolute atomic E-state index is 12.8. The molecule has 2 aromatic heterocycles. The fourth-order valence-corrected chi connectivity index (χ4v) is 3.72. The van der Waals surface area contributed by atoms with E-state index in [9.17, 15) is 4.79 Å². The Labute approximate surface area is 128 Å². The van der Waals surface area contributed by atoms with Crippen LogP contribution in [0.15, 0.2) is 30.2 Å². The molecular formula is C15H20N4OS. The number of piperidine rings is 1. The molecule has 1 amide bonds. The van der Waals surface area contributed by atoms with E-state index in [0.717, 1.165) is 30.8 Å². The smallest absolute Gasteiger partial charge is 0.233 e. The molecule has 112 valence electrons. The summed E-state index contributed by atoms with van der Waals surface area (Å²) >= 11 is 1.65. The topological polar surface area (TPSA) is 51.0 Å². The molecule has 1 saturated heterocycles. The Kier molecular flexibility index (Phi) is 3.80. The first-order chi connectivity index (χ1) is 10.1. The number of aromatic nitrogens is 3. The zero-order valence-electron chi connectivity index (χ0n) is 12.4. The molecule has 1 aliphatic heterocycles. The lowest BCUT2D eigenvalue weighted by molar-refractivity contribution is -0.137. The summed E-state index contributed by atoms with van der Waals surface area (Å²) in [6, 6.07) is 4.41. The van der Waals surface area contributed by atoms with Crippen LogP contribution in [0.4, 0.5) is 0 Å². The van der Waals surface area contributed by atoms with Gasteiger partial charge >= 0.3 is 0 Å². The van der Waals surface area contributed by atoms with Crippen molar-refractivity contribution in [3.05, 3.63) is 35.0 Å². The van der Waals surface area contributed by atoms with Crippen molar-refractivity contribution in [1.29, 1.82) is 0 Å². The Bertz CT molecular complexity index is 583. The Balaban J connectivity index is 1.65. The quantitative estimate of drug-likeness (QED) is 0.875. The minimum absolute atomic E-state index is 0.224. The highest BCUT2D eigenvalue weighted by molar-refractivity contribution is 7.10. The van der Waals surface area contributed by atoms with Gasteiger partial charge in [-0.3, -0.25) is 4.79 Å². The van der Waals surface area contributed by atoms with Gasteiger partial charge in [-0.1, -0.05) is 6.07 Å². The molecule has 3 rings (SSSR count). The van der Waals surface area contributed by atoms with Gasteiger partial charge in [-0.05, 0) is 38.1 Å². The van der Waals surface area contributed by atoms with E-state index in [1.807, 2.05) is 40.9 Å². The zero-order chi connectivity index (χ0) is 14.9. The Morgan fingerprint density at radius 1 is 1.38 bits per heavy atom. The van der Waals surface area contributed by atoms with Crippen molar-refractivity contribution in [2.75, 3.05) is 13.1 Å². The molecule has 0 spiro atoms. The largest absolute Gasteiger partial charge is 0.342 e. The summed E-state index contributed by atoms with van der Waals surface area (Å²) in [5.41, 5.74) is -0.436. The van der Waals surface area contributed by atoms with Crippen LogP contribution in [0.2, 0.25) is 0 Å². The first-order valence-corrected chi connectivity index (χ1v) is 8.14. The van der Waals surface area contributed by atoms with E-state index in [1.54, 1.807) is 24.0 Å². The van der Waals surface area contributed by atoms with Crippen LogP contribution >= 0.6 is 11.3 Å². The third-order valence-corrected chi connectivity index (χ3v) is 5.43. The maximum Gasteiger partial charge on any atom is 0.233 e. The van der Waals surface area contributed by atoms with Crippen molar-refractivity contribution in [3.63, 3.8) is 0 Å². The number of nitrogens with zero attached hydrogens (tertiary/aromatic N) is 4. The van der Waals surface area contributed by atoms with Crippen molar-refractivity contribution in [1.82, 2.24) is 19.7 Å². The molecule has 0 radical (unpaired) electrons. The molecular weight excluding hydrogens is 284 g/mol. The van der Waals surface area contributed by atoms with E-state index in [2.05, 4.69) is 10.1 Å². The number of hydrogen-bond donors (Lipinski definition) is 0. The van der Waals surface area contributed by atoms with Crippen molar-refractivity contribution >= 4 is 17.2 Å². The number of rotatable bonds is 3. The molecule has 5 nitrogen and oxygen atoms in total. The summed E-state index contributed by atoms with van der Waals surface area (Å²) in [6.07, 6.45) is 5.21. The number of hydrogen-bond acceptors (Lipinski definition) is 4. The Morgan fingerprint density at radius 2 is 2.14 bits per heavy atom. The van der Waals surface area contributed by atoms with Crippen molar-refractivity contribution in [2.24, 2.45) is 0 Å². The van der Waals surface area contributed by atoms with Gasteiger partial charge in [0, 0.05) is 18.0 Å². The van der Waals surface area contributed by atoms with Gasteiger partial charge in [0.2, 0.25) is 5.91 Å². The molecule has 0 bridgehead atoms. The van der Waals surface area contributed by atoms with E-state index in [4.69, 9.17) is 0 Å². The van der Waals surface area contributed by atoms with Crippen molar-refractivity contribution < 1.29 is 4.79 Å². The Morgan fingerprint density at radius 3 is 2.71 bits per heavy atom. The van der Waals surface area contributed by atoms with Crippen molar-refractivity contribution in [3.8, 4) is 0 Å². The van der Waals surface area contributed by atoms with Crippen LogP contribution in [-0.2, 0) is 10.2 Å². The highest BCUT2D eigenvalue weighted by atomic mass is 32.1. The van der Waals surface area contributed by atoms with Crippen LogP contribution in [0, 0.1) is 0 Å². The molecule has 0 aromatic carbocycles. The Hall–Kier alpha value is -1.69. The highest BCUT2D eigenvalue weighted by Gasteiger charge is 2.36. The first kappa shape index (κ1) is 14.3. The maximum atomic E-state index is 12.8. The average Bonchev–Trinajstić information content (AvgIpc) is 3.19. The van der Waals surface area contributed by atoms with E-state index in [-0.39, 0.29) is 5.91 Å². The normalized spacial score (nSPS) is 17.1. The summed E-state index contributed by atoms with van der Waals surface area (Å²) in [4.78, 5) is 19.9. The molecule has 0 N–H and O–H groups in total. The summed E-state index contributed by atoms with van der Waals surface area (Å²) in [5, 5.41) is 6.23. The van der Waals surface area contributed by atoms with Crippen LogP contribution < -0.4 is 0 Å². The zero-order valence-corrected chi connectivity index (χ0v) is 13.2. The summed E-state index contributed by atoms with van der Waals surface area (Å²) < 4.78 is 1.91. The van der Waals surface area contributed by atoms with Gasteiger partial charge < -0.3 is 4.90 Å². The average molecular weight is 304 g/mol. The molecule has 0 unspecified atom stereocenters. The van der Waals surface area contributed by atoms with Crippen LogP contribution in [0.3, 0.4) is 0 Å². The van der Waals surface area contributed by atoms with Crippen LogP contribution in [0.25, 0.3) is 0 Å².